The minimum atomic E-state index is 0.104. The smallest absolute Gasteiger partial charge is 0.295 e. The van der Waals surface area contributed by atoms with Gasteiger partial charge in [0.25, 0.3) is 0 Å². The molecule has 1 aromatic carbocycles. The van der Waals surface area contributed by atoms with Gasteiger partial charge in [-0.15, -0.1) is 0 Å². The summed E-state index contributed by atoms with van der Waals surface area (Å²) in [6.45, 7) is 7.23. The van der Waals surface area contributed by atoms with Crippen molar-refractivity contribution in [1.29, 1.82) is 0 Å². The van der Waals surface area contributed by atoms with Crippen LogP contribution in [0.1, 0.15) is 25.8 Å². The van der Waals surface area contributed by atoms with Gasteiger partial charge in [-0.05, 0) is 31.5 Å². The molecule has 102 valence electrons. The SMILES string of the molecule is CCCN1Cc2cccc3c2n(c(=O)n3C)CC1C. The van der Waals surface area contributed by atoms with Crippen molar-refractivity contribution in [3.8, 4) is 0 Å². The fraction of sp³-hybridized carbons (Fsp3) is 0.533. The van der Waals surface area contributed by atoms with Crippen molar-refractivity contribution in [2.24, 2.45) is 7.05 Å². The van der Waals surface area contributed by atoms with Gasteiger partial charge in [0, 0.05) is 26.2 Å². The first-order valence-electron chi connectivity index (χ1n) is 7.04. The molecule has 1 unspecified atom stereocenters. The first-order valence-corrected chi connectivity index (χ1v) is 7.04. The van der Waals surface area contributed by atoms with Gasteiger partial charge in [0.2, 0.25) is 0 Å². The Labute approximate surface area is 113 Å². The van der Waals surface area contributed by atoms with E-state index in [-0.39, 0.29) is 5.69 Å². The average Bonchev–Trinajstić information content (AvgIpc) is 2.57. The predicted octanol–water partition coefficient (Wildman–Crippen LogP) is 1.95. The fourth-order valence-electron chi connectivity index (χ4n) is 3.18. The molecule has 2 heterocycles. The summed E-state index contributed by atoms with van der Waals surface area (Å²) in [4.78, 5) is 14.8. The van der Waals surface area contributed by atoms with Gasteiger partial charge in [0.15, 0.2) is 0 Å². The molecule has 0 amide bonds. The molecule has 0 aliphatic carbocycles. The molecule has 0 bridgehead atoms. The topological polar surface area (TPSA) is 30.2 Å². The van der Waals surface area contributed by atoms with Crippen LogP contribution in [0.3, 0.4) is 0 Å². The fourth-order valence-corrected chi connectivity index (χ4v) is 3.18. The Hall–Kier alpha value is -1.55. The van der Waals surface area contributed by atoms with Crippen LogP contribution in [0.25, 0.3) is 11.0 Å². The summed E-state index contributed by atoms with van der Waals surface area (Å²) in [6.07, 6.45) is 1.15. The Balaban J connectivity index is 2.22. The molecule has 3 rings (SSSR count). The minimum absolute atomic E-state index is 0.104. The maximum atomic E-state index is 12.4. The second-order valence-corrected chi connectivity index (χ2v) is 5.56. The second-order valence-electron chi connectivity index (χ2n) is 5.56. The maximum absolute atomic E-state index is 12.4. The average molecular weight is 259 g/mol. The summed E-state index contributed by atoms with van der Waals surface area (Å²) in [5, 5.41) is 0. The van der Waals surface area contributed by atoms with Gasteiger partial charge in [0.1, 0.15) is 0 Å². The highest BCUT2D eigenvalue weighted by Crippen LogP contribution is 2.24. The predicted molar refractivity (Wildman–Crippen MR) is 77.3 cm³/mol. The lowest BCUT2D eigenvalue weighted by Gasteiger charge is -2.26. The van der Waals surface area contributed by atoms with Gasteiger partial charge < -0.3 is 0 Å². The number of hydrogen-bond donors (Lipinski definition) is 0. The van der Waals surface area contributed by atoms with Gasteiger partial charge in [-0.2, -0.15) is 0 Å². The molecule has 4 nitrogen and oxygen atoms in total. The van der Waals surface area contributed by atoms with E-state index in [1.165, 1.54) is 5.56 Å². The summed E-state index contributed by atoms with van der Waals surface area (Å²) in [6, 6.07) is 6.65. The number of imidazole rings is 1. The standard InChI is InChI=1S/C15H21N3O/c1-4-8-17-10-12-6-5-7-13-14(12)18(9-11(17)2)15(19)16(13)3/h5-7,11H,4,8-10H2,1-3H3. The van der Waals surface area contributed by atoms with Crippen LogP contribution in [0, 0.1) is 0 Å². The lowest BCUT2D eigenvalue weighted by atomic mass is 10.1. The number of rotatable bonds is 2. The molecule has 0 radical (unpaired) electrons. The van der Waals surface area contributed by atoms with Gasteiger partial charge in [-0.3, -0.25) is 14.0 Å². The summed E-state index contributed by atoms with van der Waals surface area (Å²) in [7, 11) is 1.86. The van der Waals surface area contributed by atoms with E-state index >= 15 is 0 Å². The van der Waals surface area contributed by atoms with Gasteiger partial charge >= 0.3 is 5.69 Å². The highest BCUT2D eigenvalue weighted by Gasteiger charge is 2.24. The molecule has 1 aliphatic heterocycles. The van der Waals surface area contributed by atoms with Crippen molar-refractivity contribution < 1.29 is 0 Å². The van der Waals surface area contributed by atoms with Crippen LogP contribution in [0.5, 0.6) is 0 Å². The monoisotopic (exact) mass is 259 g/mol. The van der Waals surface area contributed by atoms with E-state index in [9.17, 15) is 4.79 Å². The van der Waals surface area contributed by atoms with Crippen molar-refractivity contribution in [2.45, 2.75) is 39.4 Å². The van der Waals surface area contributed by atoms with Crippen LogP contribution in [-0.4, -0.2) is 26.6 Å². The molecule has 1 atom stereocenters. The molecular formula is C15H21N3O. The van der Waals surface area contributed by atoms with Gasteiger partial charge in [-0.25, -0.2) is 4.79 Å². The second kappa shape index (κ2) is 4.53. The Morgan fingerprint density at radius 1 is 1.37 bits per heavy atom. The third kappa shape index (κ3) is 1.82. The zero-order chi connectivity index (χ0) is 13.6. The first-order chi connectivity index (χ1) is 9.13. The van der Waals surface area contributed by atoms with Crippen LogP contribution < -0.4 is 5.69 Å². The van der Waals surface area contributed by atoms with E-state index < -0.39 is 0 Å². The first kappa shape index (κ1) is 12.5. The highest BCUT2D eigenvalue weighted by atomic mass is 16.1. The van der Waals surface area contributed by atoms with E-state index in [4.69, 9.17) is 0 Å². The molecule has 0 N–H and O–H groups in total. The molecule has 0 saturated heterocycles. The third-order valence-electron chi connectivity index (χ3n) is 4.20. The van der Waals surface area contributed by atoms with Crippen LogP contribution in [0.4, 0.5) is 0 Å². The largest absolute Gasteiger partial charge is 0.328 e. The van der Waals surface area contributed by atoms with E-state index in [2.05, 4.69) is 30.9 Å². The Bertz CT molecular complexity index is 668. The summed E-state index contributed by atoms with van der Waals surface area (Å²) >= 11 is 0. The zero-order valence-electron chi connectivity index (χ0n) is 11.9. The molecule has 2 aromatic rings. The van der Waals surface area contributed by atoms with Crippen LogP contribution >= 0.6 is 0 Å². The lowest BCUT2D eigenvalue weighted by molar-refractivity contribution is 0.189. The molecule has 1 aromatic heterocycles. The molecule has 1 aliphatic rings. The van der Waals surface area contributed by atoms with E-state index in [0.717, 1.165) is 37.1 Å². The minimum Gasteiger partial charge on any atom is -0.295 e. The molecule has 19 heavy (non-hydrogen) atoms. The van der Waals surface area contributed by atoms with Crippen molar-refractivity contribution in [3.05, 3.63) is 34.2 Å². The van der Waals surface area contributed by atoms with Crippen molar-refractivity contribution >= 4 is 11.0 Å². The summed E-state index contributed by atoms with van der Waals surface area (Å²) in [5.41, 5.74) is 3.55. The number of nitrogens with zero attached hydrogens (tertiary/aromatic N) is 3. The number of para-hydroxylation sites is 1. The number of benzene rings is 1. The number of aryl methyl sites for hydroxylation is 1. The van der Waals surface area contributed by atoms with E-state index in [0.29, 0.717) is 6.04 Å². The van der Waals surface area contributed by atoms with Gasteiger partial charge in [-0.1, -0.05) is 19.1 Å². The molecular weight excluding hydrogens is 238 g/mol. The Morgan fingerprint density at radius 2 is 2.16 bits per heavy atom. The molecule has 0 fully saturated rings. The lowest BCUT2D eigenvalue weighted by Crippen LogP contribution is -2.36. The van der Waals surface area contributed by atoms with Crippen LogP contribution in [0.2, 0.25) is 0 Å². The molecule has 0 saturated carbocycles. The quantitative estimate of drug-likeness (QED) is 0.825. The zero-order valence-corrected chi connectivity index (χ0v) is 11.9. The highest BCUT2D eigenvalue weighted by molar-refractivity contribution is 5.80. The Kier molecular flexibility index (Phi) is 2.97. The number of hydrogen-bond acceptors (Lipinski definition) is 2. The maximum Gasteiger partial charge on any atom is 0.328 e. The summed E-state index contributed by atoms with van der Waals surface area (Å²) < 4.78 is 3.71. The third-order valence-corrected chi connectivity index (χ3v) is 4.20. The van der Waals surface area contributed by atoms with Crippen molar-refractivity contribution in [3.63, 3.8) is 0 Å². The normalized spacial score (nSPS) is 19.8. The molecule has 0 spiro atoms. The number of aromatic nitrogens is 2. The van der Waals surface area contributed by atoms with E-state index in [1.807, 2.05) is 17.7 Å². The molecule has 4 heteroatoms. The van der Waals surface area contributed by atoms with Crippen molar-refractivity contribution in [1.82, 2.24) is 14.0 Å². The van der Waals surface area contributed by atoms with E-state index in [1.54, 1.807) is 4.57 Å². The van der Waals surface area contributed by atoms with Gasteiger partial charge in [0.05, 0.1) is 11.0 Å². The van der Waals surface area contributed by atoms with Crippen LogP contribution in [0.15, 0.2) is 23.0 Å². The summed E-state index contributed by atoms with van der Waals surface area (Å²) in [5.74, 6) is 0. The van der Waals surface area contributed by atoms with Crippen molar-refractivity contribution in [2.75, 3.05) is 6.54 Å². The van der Waals surface area contributed by atoms with Crippen LogP contribution in [-0.2, 0) is 20.1 Å². The Morgan fingerprint density at radius 3 is 2.89 bits per heavy atom.